The maximum absolute atomic E-state index is 14.2. The van der Waals surface area contributed by atoms with E-state index in [0.29, 0.717) is 16.7 Å². The summed E-state index contributed by atoms with van der Waals surface area (Å²) in [6.07, 6.45) is 3.02. The van der Waals surface area contributed by atoms with Gasteiger partial charge in [-0.3, -0.25) is 4.79 Å². The van der Waals surface area contributed by atoms with Gasteiger partial charge in [0.2, 0.25) is 15.9 Å². The van der Waals surface area contributed by atoms with Crippen LogP contribution in [0.25, 0.3) is 10.8 Å². The van der Waals surface area contributed by atoms with E-state index in [0.717, 1.165) is 30.2 Å². The highest BCUT2D eigenvalue weighted by molar-refractivity contribution is 7.89. The largest absolute Gasteiger partial charge is 0.330 e. The van der Waals surface area contributed by atoms with Gasteiger partial charge >= 0.3 is 0 Å². The molecular formula is C26H26N2O3S. The number of nitrogens with zero attached hydrogens (tertiary/aromatic N) is 2. The Bertz CT molecular complexity index is 1330. The van der Waals surface area contributed by atoms with Gasteiger partial charge in [-0.1, -0.05) is 60.7 Å². The first-order chi connectivity index (χ1) is 15.5. The van der Waals surface area contributed by atoms with E-state index < -0.39 is 16.1 Å². The molecule has 32 heavy (non-hydrogen) atoms. The molecular weight excluding hydrogens is 420 g/mol. The monoisotopic (exact) mass is 446 g/mol. The quantitative estimate of drug-likeness (QED) is 0.590. The van der Waals surface area contributed by atoms with Gasteiger partial charge in [0.1, 0.15) is 6.04 Å². The Morgan fingerprint density at radius 2 is 1.66 bits per heavy atom. The van der Waals surface area contributed by atoms with Crippen molar-refractivity contribution in [1.29, 1.82) is 0 Å². The van der Waals surface area contributed by atoms with E-state index in [1.807, 2.05) is 47.4 Å². The van der Waals surface area contributed by atoms with Crippen molar-refractivity contribution in [2.75, 3.05) is 0 Å². The third-order valence-corrected chi connectivity index (χ3v) is 9.48. The Morgan fingerprint density at radius 1 is 0.906 bits per heavy atom. The minimum absolute atomic E-state index is 0.0447. The van der Waals surface area contributed by atoms with E-state index in [-0.39, 0.29) is 24.0 Å². The van der Waals surface area contributed by atoms with Gasteiger partial charge < -0.3 is 4.90 Å². The van der Waals surface area contributed by atoms with Crippen molar-refractivity contribution in [3.8, 4) is 0 Å². The summed E-state index contributed by atoms with van der Waals surface area (Å²) < 4.78 is 29.9. The molecule has 5 nitrogen and oxygen atoms in total. The molecule has 3 aromatic rings. The van der Waals surface area contributed by atoms with Gasteiger partial charge in [-0.15, -0.1) is 0 Å². The fourth-order valence-corrected chi connectivity index (χ4v) is 8.23. The predicted molar refractivity (Wildman–Crippen MR) is 124 cm³/mol. The molecule has 0 N–H and O–H groups in total. The lowest BCUT2D eigenvalue weighted by atomic mass is 9.78. The number of benzene rings is 3. The molecule has 3 heterocycles. The molecule has 2 saturated heterocycles. The zero-order valence-electron chi connectivity index (χ0n) is 18.0. The first-order valence-electron chi connectivity index (χ1n) is 11.4. The SMILES string of the molecule is C[C@H]1Cc2ccccc2C2[C@@H]3CCC[C@@H](C(=O)N21)N3S(=O)(=O)c1cccc2ccccc12. The number of rotatable bonds is 2. The summed E-state index contributed by atoms with van der Waals surface area (Å²) in [6.45, 7) is 2.09. The summed E-state index contributed by atoms with van der Waals surface area (Å²) in [7, 11) is -3.87. The lowest BCUT2D eigenvalue weighted by Crippen LogP contribution is -2.68. The van der Waals surface area contributed by atoms with Crippen molar-refractivity contribution in [1.82, 2.24) is 9.21 Å². The second kappa shape index (κ2) is 7.15. The number of fused-ring (bicyclic) bond motifs is 7. The normalized spacial score (nSPS) is 27.8. The highest BCUT2D eigenvalue weighted by atomic mass is 32.2. The number of hydrogen-bond acceptors (Lipinski definition) is 3. The third-order valence-electron chi connectivity index (χ3n) is 7.48. The number of carbonyl (C=O) groups excluding carboxylic acids is 1. The minimum atomic E-state index is -3.87. The number of carbonyl (C=O) groups is 1. The molecule has 6 heteroatoms. The summed E-state index contributed by atoms with van der Waals surface area (Å²) in [5, 5.41) is 1.60. The van der Waals surface area contributed by atoms with E-state index in [4.69, 9.17) is 0 Å². The van der Waals surface area contributed by atoms with Gasteiger partial charge in [0, 0.05) is 11.4 Å². The highest BCUT2D eigenvalue weighted by Gasteiger charge is 2.56. The molecule has 0 spiro atoms. The van der Waals surface area contributed by atoms with Crippen molar-refractivity contribution < 1.29 is 13.2 Å². The van der Waals surface area contributed by atoms with Crippen LogP contribution in [0.3, 0.4) is 0 Å². The fraction of sp³-hybridized carbons (Fsp3) is 0.346. The zero-order valence-corrected chi connectivity index (χ0v) is 18.8. The standard InChI is InChI=1S/C26H26N2O3S/c1-17-16-19-9-3-5-12-21(19)25-22-13-7-14-23(26(29)27(17)25)28(22)32(30,31)24-15-6-10-18-8-2-4-11-20(18)24/h2-6,8-12,15,17,22-23,25H,7,13-14,16H2,1H3/t17-,22-,23-,25?/m0/s1. The molecule has 3 aliphatic rings. The van der Waals surface area contributed by atoms with Crippen LogP contribution >= 0.6 is 0 Å². The van der Waals surface area contributed by atoms with Crippen LogP contribution in [0, 0.1) is 0 Å². The predicted octanol–water partition coefficient (Wildman–Crippen LogP) is 4.28. The van der Waals surface area contributed by atoms with Crippen LogP contribution in [0.1, 0.15) is 43.4 Å². The molecule has 4 atom stereocenters. The number of sulfonamides is 1. The van der Waals surface area contributed by atoms with Crippen LogP contribution in [-0.4, -0.2) is 41.7 Å². The van der Waals surface area contributed by atoms with Gasteiger partial charge in [-0.05, 0) is 55.2 Å². The molecule has 0 saturated carbocycles. The van der Waals surface area contributed by atoms with E-state index in [1.54, 1.807) is 16.4 Å². The number of piperazine rings is 1. The smallest absolute Gasteiger partial charge is 0.244 e. The summed E-state index contributed by atoms with van der Waals surface area (Å²) in [5.41, 5.74) is 2.32. The number of hydrogen-bond donors (Lipinski definition) is 0. The van der Waals surface area contributed by atoms with E-state index >= 15 is 0 Å². The van der Waals surface area contributed by atoms with Crippen molar-refractivity contribution >= 4 is 26.7 Å². The van der Waals surface area contributed by atoms with Crippen molar-refractivity contribution in [2.45, 2.75) is 61.7 Å². The Balaban J connectivity index is 1.54. The summed E-state index contributed by atoms with van der Waals surface area (Å²) in [6, 6.07) is 20.1. The highest BCUT2D eigenvalue weighted by Crippen LogP contribution is 2.48. The van der Waals surface area contributed by atoms with Crippen LogP contribution in [0.2, 0.25) is 0 Å². The molecule has 0 aliphatic carbocycles. The third kappa shape index (κ3) is 2.72. The second-order valence-electron chi connectivity index (χ2n) is 9.27. The lowest BCUT2D eigenvalue weighted by Gasteiger charge is -2.56. The van der Waals surface area contributed by atoms with Gasteiger partial charge in [-0.2, -0.15) is 4.31 Å². The summed E-state index contributed by atoms with van der Waals surface area (Å²) in [4.78, 5) is 16.1. The molecule has 1 amide bonds. The van der Waals surface area contributed by atoms with Crippen molar-refractivity contribution in [2.24, 2.45) is 0 Å². The summed E-state index contributed by atoms with van der Waals surface area (Å²) >= 11 is 0. The van der Waals surface area contributed by atoms with Gasteiger partial charge in [0.15, 0.2) is 0 Å². The van der Waals surface area contributed by atoms with Crippen LogP contribution in [0.15, 0.2) is 71.6 Å². The minimum Gasteiger partial charge on any atom is -0.330 e. The molecule has 3 aliphatic heterocycles. The topological polar surface area (TPSA) is 57.7 Å². The molecule has 0 radical (unpaired) electrons. The summed E-state index contributed by atoms with van der Waals surface area (Å²) in [5.74, 6) is -0.0447. The number of piperidine rings is 1. The Kier molecular flexibility index (Phi) is 4.46. The first-order valence-corrected chi connectivity index (χ1v) is 12.8. The Hall–Kier alpha value is -2.70. The number of amides is 1. The fourth-order valence-electron chi connectivity index (χ4n) is 6.18. The maximum atomic E-state index is 14.2. The van der Waals surface area contributed by atoms with E-state index in [1.165, 1.54) is 5.56 Å². The molecule has 6 rings (SSSR count). The van der Waals surface area contributed by atoms with E-state index in [2.05, 4.69) is 19.1 Å². The molecule has 164 valence electrons. The average molecular weight is 447 g/mol. The Morgan fingerprint density at radius 3 is 2.53 bits per heavy atom. The van der Waals surface area contributed by atoms with Crippen molar-refractivity contribution in [3.05, 3.63) is 77.9 Å². The molecule has 1 unspecified atom stereocenters. The van der Waals surface area contributed by atoms with Crippen LogP contribution in [-0.2, 0) is 21.2 Å². The van der Waals surface area contributed by atoms with Crippen LogP contribution in [0.4, 0.5) is 0 Å². The molecule has 2 fully saturated rings. The molecule has 0 aromatic heterocycles. The zero-order chi connectivity index (χ0) is 22.0. The van der Waals surface area contributed by atoms with Gasteiger partial charge in [0.25, 0.3) is 0 Å². The first kappa shape index (κ1) is 19.9. The van der Waals surface area contributed by atoms with E-state index in [9.17, 15) is 13.2 Å². The molecule has 2 bridgehead atoms. The molecule has 3 aromatic carbocycles. The van der Waals surface area contributed by atoms with Crippen LogP contribution < -0.4 is 0 Å². The van der Waals surface area contributed by atoms with Gasteiger partial charge in [0.05, 0.1) is 17.0 Å². The Labute approximate surface area is 188 Å². The van der Waals surface area contributed by atoms with Gasteiger partial charge in [-0.25, -0.2) is 8.42 Å². The van der Waals surface area contributed by atoms with Crippen molar-refractivity contribution in [3.63, 3.8) is 0 Å². The lowest BCUT2D eigenvalue weighted by molar-refractivity contribution is -0.153. The second-order valence-corrected chi connectivity index (χ2v) is 11.1. The average Bonchev–Trinajstić information content (AvgIpc) is 2.81. The van der Waals surface area contributed by atoms with Crippen LogP contribution in [0.5, 0.6) is 0 Å². The maximum Gasteiger partial charge on any atom is 0.244 e.